The third kappa shape index (κ3) is 5.76. The first-order valence-electron chi connectivity index (χ1n) is 8.94. The minimum atomic E-state index is -2.73. The van der Waals surface area contributed by atoms with Crippen LogP contribution < -0.4 is 5.32 Å². The van der Waals surface area contributed by atoms with Crippen molar-refractivity contribution in [2.24, 2.45) is 0 Å². The van der Waals surface area contributed by atoms with Crippen LogP contribution >= 0.6 is 0 Å². The molecule has 0 bridgehead atoms. The van der Waals surface area contributed by atoms with Gasteiger partial charge in [0.25, 0.3) is 5.92 Å². The Morgan fingerprint density at radius 1 is 1.23 bits per heavy atom. The zero-order valence-corrected chi connectivity index (χ0v) is 15.2. The number of carbonyl (C=O) groups excluding carboxylic acids is 2. The van der Waals surface area contributed by atoms with Gasteiger partial charge in [0.15, 0.2) is 0 Å². The summed E-state index contributed by atoms with van der Waals surface area (Å²) < 4.78 is 32.5. The minimum absolute atomic E-state index is 0.0181. The summed E-state index contributed by atoms with van der Waals surface area (Å²) in [5.74, 6) is -3.38. The molecule has 2 atom stereocenters. The molecular weight excluding hydrogens is 342 g/mol. The van der Waals surface area contributed by atoms with E-state index in [4.69, 9.17) is 4.74 Å². The van der Waals surface area contributed by atoms with Crippen molar-refractivity contribution in [2.75, 3.05) is 13.1 Å². The number of alkyl halides is 2. The number of carbonyl (C=O) groups is 2. The Bertz CT molecular complexity index is 600. The van der Waals surface area contributed by atoms with Crippen molar-refractivity contribution in [1.82, 2.24) is 10.2 Å². The first-order chi connectivity index (χ1) is 12.3. The Balaban J connectivity index is 2.01. The Kier molecular flexibility index (Phi) is 7.08. The summed E-state index contributed by atoms with van der Waals surface area (Å²) >= 11 is 0. The third-order valence-electron chi connectivity index (χ3n) is 4.54. The number of likely N-dealkylation sites (tertiary alicyclic amines) is 1. The number of piperidine rings is 1. The number of hydrogen-bond donors (Lipinski definition) is 1. The summed E-state index contributed by atoms with van der Waals surface area (Å²) in [6, 6.07) is 8.59. The summed E-state index contributed by atoms with van der Waals surface area (Å²) in [7, 11) is 0. The topological polar surface area (TPSA) is 58.6 Å². The first kappa shape index (κ1) is 20.3. The van der Waals surface area contributed by atoms with Gasteiger partial charge in [-0.3, -0.25) is 9.59 Å². The third-order valence-corrected chi connectivity index (χ3v) is 4.54. The summed E-state index contributed by atoms with van der Waals surface area (Å²) in [5, 5.41) is 2.68. The maximum Gasteiger partial charge on any atom is 0.251 e. The van der Waals surface area contributed by atoms with Gasteiger partial charge >= 0.3 is 0 Å². The lowest BCUT2D eigenvalue weighted by Gasteiger charge is -2.35. The predicted octanol–water partition coefficient (Wildman–Crippen LogP) is 2.74. The lowest BCUT2D eigenvalue weighted by Crippen LogP contribution is -2.56. The number of ether oxygens (including phenoxy) is 1. The highest BCUT2D eigenvalue weighted by atomic mass is 19.3. The van der Waals surface area contributed by atoms with Crippen LogP contribution in [0.2, 0.25) is 0 Å². The summed E-state index contributed by atoms with van der Waals surface area (Å²) in [6.07, 6.45) is -1.06. The molecule has 0 radical (unpaired) electrons. The quantitative estimate of drug-likeness (QED) is 0.805. The number of halogens is 2. The molecular formula is C19H26F2N2O3. The molecule has 0 aromatic heterocycles. The average Bonchev–Trinajstić information content (AvgIpc) is 2.64. The highest BCUT2D eigenvalue weighted by molar-refractivity contribution is 5.88. The fraction of sp³-hybridized carbons (Fsp3) is 0.579. The minimum Gasteiger partial charge on any atom is -0.371 e. The van der Waals surface area contributed by atoms with E-state index in [2.05, 4.69) is 5.32 Å². The van der Waals surface area contributed by atoms with Crippen molar-refractivity contribution in [2.45, 2.75) is 57.8 Å². The highest BCUT2D eigenvalue weighted by Crippen LogP contribution is 2.28. The van der Waals surface area contributed by atoms with Gasteiger partial charge in [-0.2, -0.15) is 0 Å². The molecule has 5 nitrogen and oxygen atoms in total. The average molecular weight is 368 g/mol. The molecule has 2 rings (SSSR count). The Morgan fingerprint density at radius 3 is 2.42 bits per heavy atom. The highest BCUT2D eigenvalue weighted by Gasteiger charge is 2.39. The fourth-order valence-corrected chi connectivity index (χ4v) is 2.80. The van der Waals surface area contributed by atoms with E-state index in [1.54, 1.807) is 13.8 Å². The van der Waals surface area contributed by atoms with Gasteiger partial charge in [0.2, 0.25) is 11.8 Å². The van der Waals surface area contributed by atoms with Crippen LogP contribution in [-0.2, 0) is 20.9 Å². The second kappa shape index (κ2) is 9.07. The van der Waals surface area contributed by atoms with Crippen LogP contribution in [-0.4, -0.2) is 47.9 Å². The van der Waals surface area contributed by atoms with Crippen molar-refractivity contribution < 1.29 is 23.1 Å². The summed E-state index contributed by atoms with van der Waals surface area (Å²) in [4.78, 5) is 26.0. The van der Waals surface area contributed by atoms with E-state index in [-0.39, 0.29) is 44.2 Å². The van der Waals surface area contributed by atoms with E-state index in [1.165, 1.54) is 4.90 Å². The molecule has 1 heterocycles. The molecule has 1 saturated heterocycles. The normalized spacial score (nSPS) is 18.8. The van der Waals surface area contributed by atoms with Gasteiger partial charge < -0.3 is 15.0 Å². The second-order valence-electron chi connectivity index (χ2n) is 6.58. The van der Waals surface area contributed by atoms with Gasteiger partial charge in [0.05, 0.1) is 12.7 Å². The van der Waals surface area contributed by atoms with Gasteiger partial charge in [-0.25, -0.2) is 8.78 Å². The number of rotatable bonds is 7. The lowest BCUT2D eigenvalue weighted by molar-refractivity contribution is -0.146. The van der Waals surface area contributed by atoms with Gasteiger partial charge in [0, 0.05) is 32.4 Å². The smallest absolute Gasteiger partial charge is 0.251 e. The molecule has 1 aromatic carbocycles. The molecule has 1 aromatic rings. The monoisotopic (exact) mass is 368 g/mol. The molecule has 1 aliphatic heterocycles. The van der Waals surface area contributed by atoms with Gasteiger partial charge in [-0.05, 0) is 12.5 Å². The van der Waals surface area contributed by atoms with Crippen molar-refractivity contribution >= 4 is 11.8 Å². The fourth-order valence-electron chi connectivity index (χ4n) is 2.80. The molecule has 0 spiro atoms. The summed E-state index contributed by atoms with van der Waals surface area (Å²) in [5.41, 5.74) is 0.949. The van der Waals surface area contributed by atoms with Crippen LogP contribution in [0.15, 0.2) is 30.3 Å². The molecule has 2 amide bonds. The zero-order valence-electron chi connectivity index (χ0n) is 15.2. The SMILES string of the molecule is CCC(=O)NC(C(=O)N1CCC(F)(F)CC1)C(C)OCc1ccccc1. The number of hydrogen-bond acceptors (Lipinski definition) is 3. The van der Waals surface area contributed by atoms with Crippen molar-refractivity contribution in [3.8, 4) is 0 Å². The van der Waals surface area contributed by atoms with Crippen LogP contribution in [0.1, 0.15) is 38.7 Å². The lowest BCUT2D eigenvalue weighted by atomic mass is 10.0. The van der Waals surface area contributed by atoms with E-state index < -0.39 is 18.1 Å². The van der Waals surface area contributed by atoms with Crippen molar-refractivity contribution in [3.05, 3.63) is 35.9 Å². The molecule has 144 valence electrons. The van der Waals surface area contributed by atoms with Crippen LogP contribution in [0, 0.1) is 0 Å². The van der Waals surface area contributed by atoms with E-state index in [0.717, 1.165) is 5.56 Å². The number of nitrogens with zero attached hydrogens (tertiary/aromatic N) is 1. The van der Waals surface area contributed by atoms with Crippen LogP contribution in [0.5, 0.6) is 0 Å². The maximum absolute atomic E-state index is 13.3. The van der Waals surface area contributed by atoms with Crippen LogP contribution in [0.4, 0.5) is 8.78 Å². The van der Waals surface area contributed by atoms with E-state index in [1.807, 2.05) is 30.3 Å². The number of benzene rings is 1. The van der Waals surface area contributed by atoms with E-state index in [0.29, 0.717) is 6.61 Å². The van der Waals surface area contributed by atoms with Crippen molar-refractivity contribution in [3.63, 3.8) is 0 Å². The molecule has 1 aliphatic rings. The Morgan fingerprint density at radius 2 is 1.85 bits per heavy atom. The molecule has 1 fully saturated rings. The molecule has 26 heavy (non-hydrogen) atoms. The summed E-state index contributed by atoms with van der Waals surface area (Å²) in [6.45, 7) is 3.66. The Hall–Kier alpha value is -2.02. The van der Waals surface area contributed by atoms with Gasteiger partial charge in [0.1, 0.15) is 6.04 Å². The molecule has 0 aliphatic carbocycles. The molecule has 0 saturated carbocycles. The second-order valence-corrected chi connectivity index (χ2v) is 6.58. The number of nitrogens with one attached hydrogen (secondary N) is 1. The molecule has 2 unspecified atom stereocenters. The first-order valence-corrected chi connectivity index (χ1v) is 8.94. The van der Waals surface area contributed by atoms with Gasteiger partial charge in [-0.15, -0.1) is 0 Å². The van der Waals surface area contributed by atoms with Crippen LogP contribution in [0.3, 0.4) is 0 Å². The van der Waals surface area contributed by atoms with Gasteiger partial charge in [-0.1, -0.05) is 37.3 Å². The van der Waals surface area contributed by atoms with Crippen LogP contribution in [0.25, 0.3) is 0 Å². The van der Waals surface area contributed by atoms with E-state index >= 15 is 0 Å². The Labute approximate surface area is 152 Å². The number of amides is 2. The largest absolute Gasteiger partial charge is 0.371 e. The van der Waals surface area contributed by atoms with Crippen molar-refractivity contribution in [1.29, 1.82) is 0 Å². The molecule has 1 N–H and O–H groups in total. The van der Waals surface area contributed by atoms with E-state index in [9.17, 15) is 18.4 Å². The standard InChI is InChI=1S/C19H26F2N2O3/c1-3-16(24)22-17(14(2)26-13-15-7-5-4-6-8-15)18(25)23-11-9-19(20,21)10-12-23/h4-8,14,17H,3,9-13H2,1-2H3,(H,22,24). The zero-order chi connectivity index (χ0) is 19.2. The predicted molar refractivity (Wildman–Crippen MR) is 93.7 cm³/mol. The maximum atomic E-state index is 13.3. The molecule has 7 heteroatoms.